The van der Waals surface area contributed by atoms with Crippen LogP contribution in [-0.4, -0.2) is 16.6 Å². The lowest BCUT2D eigenvalue weighted by Gasteiger charge is -2.26. The third-order valence-corrected chi connectivity index (χ3v) is 5.12. The van der Waals surface area contributed by atoms with E-state index in [9.17, 15) is 9.59 Å². The molecule has 0 spiro atoms. The van der Waals surface area contributed by atoms with Crippen LogP contribution in [0.2, 0.25) is 5.02 Å². The summed E-state index contributed by atoms with van der Waals surface area (Å²) < 4.78 is 7.70. The van der Waals surface area contributed by atoms with Gasteiger partial charge in [0.05, 0.1) is 22.5 Å². The van der Waals surface area contributed by atoms with Crippen molar-refractivity contribution in [2.45, 2.75) is 32.9 Å². The number of hydrogen-bond acceptors (Lipinski definition) is 3. The van der Waals surface area contributed by atoms with Gasteiger partial charge >= 0.3 is 0 Å². The summed E-state index contributed by atoms with van der Waals surface area (Å²) in [6.45, 7) is 4.50. The molecule has 1 atom stereocenters. The second-order valence-corrected chi connectivity index (χ2v) is 7.09. The predicted molar refractivity (Wildman–Crippen MR) is 107 cm³/mol. The molecule has 1 aromatic heterocycles. The molecule has 2 aromatic carbocycles. The van der Waals surface area contributed by atoms with Crippen LogP contribution >= 0.6 is 11.6 Å². The largest absolute Gasteiger partial charge is 0.487 e. The number of hydrogen-bond donors (Lipinski definition) is 1. The van der Waals surface area contributed by atoms with E-state index in [0.29, 0.717) is 33.9 Å². The fraction of sp³-hybridized carbons (Fsp3) is 0.238. The second kappa shape index (κ2) is 6.74. The summed E-state index contributed by atoms with van der Waals surface area (Å²) in [4.78, 5) is 26.0. The summed E-state index contributed by atoms with van der Waals surface area (Å²) in [7, 11) is 0. The number of nitrogens with one attached hydrogen (secondary N) is 1. The first-order valence-electron chi connectivity index (χ1n) is 8.91. The van der Waals surface area contributed by atoms with Gasteiger partial charge in [0.2, 0.25) is 5.43 Å². The third kappa shape index (κ3) is 2.98. The predicted octanol–water partition coefficient (Wildman–Crippen LogP) is 4.25. The van der Waals surface area contributed by atoms with Crippen molar-refractivity contribution in [1.82, 2.24) is 4.57 Å². The first kappa shape index (κ1) is 17.6. The average Bonchev–Trinajstić information content (AvgIpc) is 2.65. The Bertz CT molecular complexity index is 1120. The Morgan fingerprint density at radius 1 is 1.30 bits per heavy atom. The van der Waals surface area contributed by atoms with Gasteiger partial charge in [0, 0.05) is 11.9 Å². The molecule has 6 heteroatoms. The Hall–Kier alpha value is -2.79. The maximum atomic E-state index is 13.0. The van der Waals surface area contributed by atoms with Crippen LogP contribution < -0.4 is 15.5 Å². The van der Waals surface area contributed by atoms with E-state index in [1.54, 1.807) is 18.3 Å². The highest BCUT2D eigenvalue weighted by Gasteiger charge is 2.24. The SMILES string of the molecule is CCc1ccccc1NC(=O)c1cn2c3c(ccc(Cl)c3c1=O)OC(C)C2. The van der Waals surface area contributed by atoms with Gasteiger partial charge in [-0.1, -0.05) is 36.7 Å². The quantitative estimate of drug-likeness (QED) is 0.736. The molecule has 3 aromatic rings. The third-order valence-electron chi connectivity index (χ3n) is 4.81. The summed E-state index contributed by atoms with van der Waals surface area (Å²) in [5.41, 5.74) is 2.03. The van der Waals surface area contributed by atoms with Gasteiger partial charge in [-0.05, 0) is 37.1 Å². The smallest absolute Gasteiger partial charge is 0.261 e. The molecule has 0 fully saturated rings. The van der Waals surface area contributed by atoms with Gasteiger partial charge in [-0.25, -0.2) is 0 Å². The zero-order chi connectivity index (χ0) is 19.1. The molecule has 0 bridgehead atoms. The van der Waals surface area contributed by atoms with Crippen LogP contribution in [0.3, 0.4) is 0 Å². The first-order chi connectivity index (χ1) is 13.0. The van der Waals surface area contributed by atoms with E-state index in [2.05, 4.69) is 5.32 Å². The molecule has 27 heavy (non-hydrogen) atoms. The van der Waals surface area contributed by atoms with E-state index >= 15 is 0 Å². The molecule has 4 rings (SSSR count). The van der Waals surface area contributed by atoms with Crippen LogP contribution in [0.4, 0.5) is 5.69 Å². The average molecular weight is 383 g/mol. The van der Waals surface area contributed by atoms with Crippen molar-refractivity contribution in [2.75, 3.05) is 5.32 Å². The molecule has 1 unspecified atom stereocenters. The molecular weight excluding hydrogens is 364 g/mol. The van der Waals surface area contributed by atoms with Crippen LogP contribution in [-0.2, 0) is 13.0 Å². The van der Waals surface area contributed by atoms with Crippen LogP contribution in [0.15, 0.2) is 47.4 Å². The lowest BCUT2D eigenvalue weighted by atomic mass is 10.1. The molecule has 1 amide bonds. The highest BCUT2D eigenvalue weighted by atomic mass is 35.5. The highest BCUT2D eigenvalue weighted by Crippen LogP contribution is 2.33. The Labute approximate surface area is 161 Å². The van der Waals surface area contributed by atoms with Crippen molar-refractivity contribution in [2.24, 2.45) is 0 Å². The summed E-state index contributed by atoms with van der Waals surface area (Å²) in [6.07, 6.45) is 2.32. The number of aromatic nitrogens is 1. The van der Waals surface area contributed by atoms with Crippen molar-refractivity contribution in [1.29, 1.82) is 0 Å². The number of carbonyl (C=O) groups is 1. The fourth-order valence-corrected chi connectivity index (χ4v) is 3.77. The number of para-hydroxylation sites is 1. The Kier molecular flexibility index (Phi) is 4.40. The second-order valence-electron chi connectivity index (χ2n) is 6.69. The molecule has 1 N–H and O–H groups in total. The minimum absolute atomic E-state index is 0.0684. The van der Waals surface area contributed by atoms with Crippen molar-refractivity contribution in [3.63, 3.8) is 0 Å². The zero-order valence-corrected chi connectivity index (χ0v) is 15.8. The van der Waals surface area contributed by atoms with Gasteiger partial charge < -0.3 is 14.6 Å². The van der Waals surface area contributed by atoms with Gasteiger partial charge in [0.25, 0.3) is 5.91 Å². The summed E-state index contributed by atoms with van der Waals surface area (Å²) in [5.74, 6) is 0.167. The number of halogens is 1. The van der Waals surface area contributed by atoms with Gasteiger partial charge in [-0.15, -0.1) is 0 Å². The number of anilines is 1. The van der Waals surface area contributed by atoms with Crippen LogP contribution in [0.1, 0.15) is 29.8 Å². The molecule has 0 aliphatic carbocycles. The number of aryl methyl sites for hydroxylation is 1. The maximum Gasteiger partial charge on any atom is 0.261 e. The lowest BCUT2D eigenvalue weighted by molar-refractivity contribution is 0.102. The molecule has 1 aliphatic heterocycles. The number of pyridine rings is 1. The van der Waals surface area contributed by atoms with Gasteiger partial charge in [-0.2, -0.15) is 0 Å². The Morgan fingerprint density at radius 3 is 2.85 bits per heavy atom. The van der Waals surface area contributed by atoms with E-state index in [1.165, 1.54) is 0 Å². The number of carbonyl (C=O) groups excluding carboxylic acids is 1. The van der Waals surface area contributed by atoms with Crippen molar-refractivity contribution >= 4 is 34.1 Å². The summed E-state index contributed by atoms with van der Waals surface area (Å²) >= 11 is 6.31. The van der Waals surface area contributed by atoms with Crippen LogP contribution in [0.25, 0.3) is 10.9 Å². The molecule has 2 heterocycles. The van der Waals surface area contributed by atoms with Gasteiger partial charge in [0.1, 0.15) is 17.4 Å². The van der Waals surface area contributed by atoms with Crippen molar-refractivity contribution in [3.05, 3.63) is 69.0 Å². The zero-order valence-electron chi connectivity index (χ0n) is 15.1. The van der Waals surface area contributed by atoms with Gasteiger partial charge in [-0.3, -0.25) is 9.59 Å². The fourth-order valence-electron chi connectivity index (χ4n) is 3.53. The van der Waals surface area contributed by atoms with E-state index in [1.807, 2.05) is 42.7 Å². The molecule has 138 valence electrons. The molecule has 5 nitrogen and oxygen atoms in total. The number of benzene rings is 2. The summed E-state index contributed by atoms with van der Waals surface area (Å²) in [6, 6.07) is 11.0. The number of rotatable bonds is 3. The highest BCUT2D eigenvalue weighted by molar-refractivity contribution is 6.35. The summed E-state index contributed by atoms with van der Waals surface area (Å²) in [5, 5.41) is 3.50. The monoisotopic (exact) mass is 382 g/mol. The maximum absolute atomic E-state index is 13.0. The minimum Gasteiger partial charge on any atom is -0.487 e. The number of amides is 1. The number of ether oxygens (including phenoxy) is 1. The topological polar surface area (TPSA) is 60.3 Å². The lowest BCUT2D eigenvalue weighted by Crippen LogP contribution is -2.30. The Morgan fingerprint density at radius 2 is 2.07 bits per heavy atom. The minimum atomic E-state index is -0.438. The standard InChI is InChI=1S/C21H19ClN2O3/c1-3-13-6-4-5-7-16(13)23-21(26)14-11-24-10-12(2)27-17-9-8-15(22)18(19(17)24)20(14)25/h4-9,11-12H,3,10H2,1-2H3,(H,23,26). The molecule has 0 radical (unpaired) electrons. The Balaban J connectivity index is 1.86. The van der Waals surface area contributed by atoms with E-state index in [-0.39, 0.29) is 11.7 Å². The van der Waals surface area contributed by atoms with E-state index in [0.717, 1.165) is 12.0 Å². The normalized spacial score (nSPS) is 15.4. The first-order valence-corrected chi connectivity index (χ1v) is 9.29. The van der Waals surface area contributed by atoms with Crippen LogP contribution in [0.5, 0.6) is 5.75 Å². The van der Waals surface area contributed by atoms with Crippen molar-refractivity contribution in [3.8, 4) is 5.75 Å². The van der Waals surface area contributed by atoms with E-state index in [4.69, 9.17) is 16.3 Å². The molecule has 0 saturated carbocycles. The molecular formula is C21H19ClN2O3. The van der Waals surface area contributed by atoms with Crippen LogP contribution in [0, 0.1) is 0 Å². The van der Waals surface area contributed by atoms with Crippen molar-refractivity contribution < 1.29 is 9.53 Å². The molecule has 0 saturated heterocycles. The van der Waals surface area contributed by atoms with E-state index < -0.39 is 11.3 Å². The van der Waals surface area contributed by atoms with Gasteiger partial charge in [0.15, 0.2) is 0 Å². The molecule has 1 aliphatic rings. The number of nitrogens with zero attached hydrogens (tertiary/aromatic N) is 1.